The second-order valence-electron chi connectivity index (χ2n) is 6.86. The monoisotopic (exact) mass is 304 g/mol. The first kappa shape index (κ1) is 16.3. The van der Waals surface area contributed by atoms with Gasteiger partial charge < -0.3 is 9.73 Å². The zero-order chi connectivity index (χ0) is 15.7. The summed E-state index contributed by atoms with van der Waals surface area (Å²) >= 11 is 0. The molecule has 1 fully saturated rings. The maximum Gasteiger partial charge on any atom is 0.391 e. The molecule has 1 aliphatic carbocycles. The molecule has 1 aromatic heterocycles. The smallest absolute Gasteiger partial charge is 0.391 e. The molecule has 0 aliphatic heterocycles. The summed E-state index contributed by atoms with van der Waals surface area (Å²) in [6.07, 6.45) is -0.838. The van der Waals surface area contributed by atoms with Gasteiger partial charge in [-0.2, -0.15) is 13.2 Å². The van der Waals surface area contributed by atoms with E-state index in [1.807, 2.05) is 20.8 Å². The van der Waals surface area contributed by atoms with Crippen LogP contribution in [-0.2, 0) is 6.54 Å². The van der Waals surface area contributed by atoms with Gasteiger partial charge in [-0.25, -0.2) is 4.98 Å². The molecule has 1 saturated carbocycles. The molecule has 0 spiro atoms. The van der Waals surface area contributed by atoms with Crippen molar-refractivity contribution in [1.82, 2.24) is 10.3 Å². The van der Waals surface area contributed by atoms with Crippen molar-refractivity contribution in [2.75, 3.05) is 0 Å². The Morgan fingerprint density at radius 2 is 2.00 bits per heavy atom. The number of rotatable bonds is 3. The lowest BCUT2D eigenvalue weighted by Gasteiger charge is -2.29. The van der Waals surface area contributed by atoms with E-state index in [1.165, 1.54) is 0 Å². The van der Waals surface area contributed by atoms with Crippen molar-refractivity contribution < 1.29 is 17.6 Å². The van der Waals surface area contributed by atoms with Crippen LogP contribution in [-0.4, -0.2) is 16.7 Å². The molecule has 0 bridgehead atoms. The topological polar surface area (TPSA) is 38.1 Å². The van der Waals surface area contributed by atoms with E-state index in [0.717, 1.165) is 6.42 Å². The van der Waals surface area contributed by atoms with E-state index in [0.29, 0.717) is 24.6 Å². The van der Waals surface area contributed by atoms with Gasteiger partial charge in [-0.15, -0.1) is 0 Å². The number of nitrogens with zero attached hydrogens (tertiary/aromatic N) is 1. The van der Waals surface area contributed by atoms with Crippen LogP contribution in [0.4, 0.5) is 13.2 Å². The molecule has 0 aromatic carbocycles. The third kappa shape index (κ3) is 4.73. The highest BCUT2D eigenvalue weighted by atomic mass is 19.4. The van der Waals surface area contributed by atoms with E-state index in [9.17, 15) is 13.2 Å². The Hall–Kier alpha value is -1.04. The largest absolute Gasteiger partial charge is 0.444 e. The highest BCUT2D eigenvalue weighted by Gasteiger charge is 2.43. The summed E-state index contributed by atoms with van der Waals surface area (Å²) in [5, 5.41) is 3.25. The first-order chi connectivity index (χ1) is 9.65. The molecule has 2 atom stereocenters. The van der Waals surface area contributed by atoms with Gasteiger partial charge in [-0.3, -0.25) is 0 Å². The third-order valence-corrected chi connectivity index (χ3v) is 3.88. The van der Waals surface area contributed by atoms with Crippen LogP contribution in [0.15, 0.2) is 10.6 Å². The van der Waals surface area contributed by atoms with Gasteiger partial charge in [0.25, 0.3) is 0 Å². The minimum atomic E-state index is -4.10. The lowest BCUT2D eigenvalue weighted by Crippen LogP contribution is -2.35. The fourth-order valence-corrected chi connectivity index (χ4v) is 2.68. The van der Waals surface area contributed by atoms with E-state index >= 15 is 0 Å². The van der Waals surface area contributed by atoms with Crippen molar-refractivity contribution in [3.8, 4) is 0 Å². The van der Waals surface area contributed by atoms with Crippen LogP contribution < -0.4 is 5.32 Å². The number of hydrogen-bond donors (Lipinski definition) is 1. The molecule has 6 heteroatoms. The van der Waals surface area contributed by atoms with Crippen molar-refractivity contribution in [1.29, 1.82) is 0 Å². The summed E-state index contributed by atoms with van der Waals surface area (Å²) in [4.78, 5) is 4.17. The summed E-state index contributed by atoms with van der Waals surface area (Å²) in [7, 11) is 0. The first-order valence-corrected chi connectivity index (χ1v) is 7.41. The molecule has 1 aromatic rings. The highest BCUT2D eigenvalue weighted by molar-refractivity contribution is 5.04. The third-order valence-electron chi connectivity index (χ3n) is 3.88. The molecule has 2 unspecified atom stereocenters. The summed E-state index contributed by atoms with van der Waals surface area (Å²) in [5.41, 5.74) is -0.0547. The molecule has 0 radical (unpaired) electrons. The lowest BCUT2D eigenvalue weighted by molar-refractivity contribution is -0.183. The van der Waals surface area contributed by atoms with Gasteiger partial charge >= 0.3 is 6.18 Å². The van der Waals surface area contributed by atoms with E-state index in [-0.39, 0.29) is 24.3 Å². The minimum Gasteiger partial charge on any atom is -0.444 e. The summed E-state index contributed by atoms with van der Waals surface area (Å²) in [6.45, 7) is 6.59. The fraction of sp³-hybridized carbons (Fsp3) is 0.800. The van der Waals surface area contributed by atoms with Gasteiger partial charge in [0, 0.05) is 11.5 Å². The van der Waals surface area contributed by atoms with Crippen LogP contribution in [0.25, 0.3) is 0 Å². The second-order valence-corrected chi connectivity index (χ2v) is 6.86. The van der Waals surface area contributed by atoms with Crippen LogP contribution in [0.3, 0.4) is 0 Å². The van der Waals surface area contributed by atoms with Crippen LogP contribution in [0.5, 0.6) is 0 Å². The average molecular weight is 304 g/mol. The maximum atomic E-state index is 12.8. The van der Waals surface area contributed by atoms with E-state index < -0.39 is 12.1 Å². The van der Waals surface area contributed by atoms with E-state index in [2.05, 4.69) is 10.3 Å². The number of alkyl halides is 3. The van der Waals surface area contributed by atoms with Crippen molar-refractivity contribution in [3.63, 3.8) is 0 Å². The molecule has 120 valence electrons. The lowest BCUT2D eigenvalue weighted by atomic mass is 9.80. The number of halogens is 3. The molecule has 21 heavy (non-hydrogen) atoms. The Bertz CT molecular complexity index is 462. The molecule has 1 aliphatic rings. The molecule has 1 heterocycles. The van der Waals surface area contributed by atoms with Gasteiger partial charge in [0.2, 0.25) is 5.89 Å². The zero-order valence-corrected chi connectivity index (χ0v) is 12.8. The van der Waals surface area contributed by atoms with Crippen molar-refractivity contribution in [3.05, 3.63) is 17.8 Å². The number of hydrogen-bond acceptors (Lipinski definition) is 3. The molecular weight excluding hydrogens is 281 g/mol. The molecule has 1 N–H and O–H groups in total. The maximum absolute atomic E-state index is 12.8. The predicted molar refractivity (Wildman–Crippen MR) is 73.8 cm³/mol. The Labute approximate surface area is 123 Å². The van der Waals surface area contributed by atoms with Crippen molar-refractivity contribution in [2.45, 2.75) is 70.6 Å². The fourth-order valence-electron chi connectivity index (χ4n) is 2.68. The van der Waals surface area contributed by atoms with Crippen molar-refractivity contribution >= 4 is 0 Å². The van der Waals surface area contributed by atoms with Crippen LogP contribution in [0.2, 0.25) is 0 Å². The summed E-state index contributed by atoms with van der Waals surface area (Å²) in [5.74, 6) is -0.248. The van der Waals surface area contributed by atoms with Gasteiger partial charge in [0.05, 0.1) is 18.7 Å². The van der Waals surface area contributed by atoms with Gasteiger partial charge in [0.15, 0.2) is 0 Å². The first-order valence-electron chi connectivity index (χ1n) is 7.41. The molecule has 2 rings (SSSR count). The standard InChI is InChI=1S/C15H23F3N2O/c1-14(2,3)20-9-13-19-8-12(21-13)10-5-4-6-11(7-10)15(16,17)18/h8,10-11,20H,4-7,9H2,1-3H3. The highest BCUT2D eigenvalue weighted by Crippen LogP contribution is 2.43. The van der Waals surface area contributed by atoms with Crippen LogP contribution >= 0.6 is 0 Å². The average Bonchev–Trinajstić information content (AvgIpc) is 2.83. The second kappa shape index (κ2) is 5.99. The quantitative estimate of drug-likeness (QED) is 0.899. The molecule has 0 saturated heterocycles. The normalized spacial score (nSPS) is 24.3. The van der Waals surface area contributed by atoms with Crippen molar-refractivity contribution in [2.24, 2.45) is 5.92 Å². The van der Waals surface area contributed by atoms with Gasteiger partial charge in [-0.05, 0) is 40.0 Å². The SMILES string of the molecule is CC(C)(C)NCc1ncc(C2CCCC(C(F)(F)F)C2)o1. The van der Waals surface area contributed by atoms with E-state index in [4.69, 9.17) is 4.42 Å². The zero-order valence-electron chi connectivity index (χ0n) is 12.8. The minimum absolute atomic E-state index is 0.0547. The summed E-state index contributed by atoms with van der Waals surface area (Å²) in [6, 6.07) is 0. The Kier molecular flexibility index (Phi) is 4.66. The molecular formula is C15H23F3N2O. The molecule has 3 nitrogen and oxygen atoms in total. The van der Waals surface area contributed by atoms with Crippen LogP contribution in [0.1, 0.15) is 64.0 Å². The van der Waals surface area contributed by atoms with Gasteiger partial charge in [0.1, 0.15) is 5.76 Å². The molecule has 0 amide bonds. The number of aromatic nitrogens is 1. The van der Waals surface area contributed by atoms with Crippen LogP contribution in [0, 0.1) is 5.92 Å². The Balaban J connectivity index is 1.97. The predicted octanol–water partition coefficient (Wildman–Crippen LogP) is 4.40. The Morgan fingerprint density at radius 1 is 1.29 bits per heavy atom. The van der Waals surface area contributed by atoms with Gasteiger partial charge in [-0.1, -0.05) is 6.42 Å². The Morgan fingerprint density at radius 3 is 2.62 bits per heavy atom. The number of oxazole rings is 1. The number of nitrogens with one attached hydrogen (secondary N) is 1. The summed E-state index contributed by atoms with van der Waals surface area (Å²) < 4.78 is 44.1. The van der Waals surface area contributed by atoms with E-state index in [1.54, 1.807) is 6.20 Å².